The number of thiazole rings is 1. The van der Waals surface area contributed by atoms with E-state index in [0.29, 0.717) is 12.0 Å². The number of rotatable bonds is 7. The first kappa shape index (κ1) is 15.2. The fraction of sp³-hybridized carbons (Fsp3) is 0.471. The van der Waals surface area contributed by atoms with Gasteiger partial charge in [-0.2, -0.15) is 0 Å². The van der Waals surface area contributed by atoms with Crippen molar-refractivity contribution in [3.63, 3.8) is 0 Å². The molecule has 3 heteroatoms. The van der Waals surface area contributed by atoms with Crippen molar-refractivity contribution in [1.29, 1.82) is 0 Å². The van der Waals surface area contributed by atoms with Crippen LogP contribution in [0.1, 0.15) is 42.5 Å². The predicted octanol–water partition coefficient (Wildman–Crippen LogP) is 4.17. The third-order valence-corrected chi connectivity index (χ3v) is 4.67. The molecule has 0 aliphatic heterocycles. The Kier molecular flexibility index (Phi) is 5.74. The molecule has 20 heavy (non-hydrogen) atoms. The Labute approximate surface area is 126 Å². The SMILES string of the molecule is CCNC(Cc1nc(C)cs1)C(CC)c1ccccc1. The van der Waals surface area contributed by atoms with Gasteiger partial charge >= 0.3 is 0 Å². The summed E-state index contributed by atoms with van der Waals surface area (Å²) in [5, 5.41) is 7.04. The van der Waals surface area contributed by atoms with Crippen LogP contribution in [-0.2, 0) is 6.42 Å². The first-order valence-electron chi connectivity index (χ1n) is 7.43. The van der Waals surface area contributed by atoms with Crippen LogP contribution in [0.5, 0.6) is 0 Å². The van der Waals surface area contributed by atoms with Gasteiger partial charge in [0.15, 0.2) is 0 Å². The molecule has 0 saturated heterocycles. The summed E-state index contributed by atoms with van der Waals surface area (Å²) in [5.41, 5.74) is 2.56. The van der Waals surface area contributed by atoms with E-state index in [0.717, 1.165) is 25.1 Å². The van der Waals surface area contributed by atoms with Gasteiger partial charge in [-0.3, -0.25) is 0 Å². The molecular weight excluding hydrogens is 264 g/mol. The van der Waals surface area contributed by atoms with E-state index in [-0.39, 0.29) is 0 Å². The number of aryl methyl sites for hydroxylation is 1. The Morgan fingerprint density at radius 2 is 1.95 bits per heavy atom. The van der Waals surface area contributed by atoms with Crippen molar-refractivity contribution in [3.8, 4) is 0 Å². The van der Waals surface area contributed by atoms with Crippen LogP contribution in [0.2, 0.25) is 0 Å². The lowest BCUT2D eigenvalue weighted by Gasteiger charge is -2.27. The van der Waals surface area contributed by atoms with Gasteiger partial charge in [0, 0.05) is 23.5 Å². The lowest BCUT2D eigenvalue weighted by Crippen LogP contribution is -2.36. The van der Waals surface area contributed by atoms with Crippen LogP contribution in [0.4, 0.5) is 0 Å². The standard InChI is InChI=1S/C17H24N2S/c1-4-15(14-9-7-6-8-10-14)16(18-5-2)11-17-19-13(3)12-20-17/h6-10,12,15-16,18H,4-5,11H2,1-3H3. The molecule has 1 aromatic carbocycles. The molecule has 2 rings (SSSR count). The molecule has 0 fully saturated rings. The average Bonchev–Trinajstić information content (AvgIpc) is 2.86. The van der Waals surface area contributed by atoms with Crippen molar-refractivity contribution in [2.75, 3.05) is 6.54 Å². The molecule has 0 aliphatic rings. The number of likely N-dealkylation sites (N-methyl/N-ethyl adjacent to an activating group) is 1. The summed E-state index contributed by atoms with van der Waals surface area (Å²) in [6, 6.07) is 11.3. The molecule has 2 atom stereocenters. The van der Waals surface area contributed by atoms with Gasteiger partial charge < -0.3 is 5.32 Å². The molecule has 0 amide bonds. The molecule has 2 unspecified atom stereocenters. The number of hydrogen-bond acceptors (Lipinski definition) is 3. The average molecular weight is 288 g/mol. The summed E-state index contributed by atoms with van der Waals surface area (Å²) >= 11 is 1.78. The minimum Gasteiger partial charge on any atom is -0.313 e. The highest BCUT2D eigenvalue weighted by Crippen LogP contribution is 2.26. The summed E-state index contributed by atoms with van der Waals surface area (Å²) in [5.74, 6) is 0.542. The number of hydrogen-bond donors (Lipinski definition) is 1. The van der Waals surface area contributed by atoms with E-state index in [2.05, 4.69) is 66.8 Å². The minimum absolute atomic E-state index is 0.456. The van der Waals surface area contributed by atoms with Gasteiger partial charge in [-0.15, -0.1) is 11.3 Å². The maximum atomic E-state index is 4.62. The highest BCUT2D eigenvalue weighted by molar-refractivity contribution is 7.09. The second-order valence-corrected chi connectivity index (χ2v) is 6.12. The third kappa shape index (κ3) is 3.90. The first-order chi connectivity index (χ1) is 9.74. The number of benzene rings is 1. The van der Waals surface area contributed by atoms with Crippen molar-refractivity contribution in [2.24, 2.45) is 0 Å². The van der Waals surface area contributed by atoms with E-state index >= 15 is 0 Å². The van der Waals surface area contributed by atoms with Gasteiger partial charge in [0.05, 0.1) is 5.01 Å². The first-order valence-corrected chi connectivity index (χ1v) is 8.31. The van der Waals surface area contributed by atoms with Crippen LogP contribution in [0, 0.1) is 6.92 Å². The summed E-state index contributed by atoms with van der Waals surface area (Å²) in [6.07, 6.45) is 2.16. The van der Waals surface area contributed by atoms with Gasteiger partial charge in [0.2, 0.25) is 0 Å². The van der Waals surface area contributed by atoms with Crippen LogP contribution in [0.25, 0.3) is 0 Å². The van der Waals surface area contributed by atoms with Gasteiger partial charge in [0.1, 0.15) is 0 Å². The highest BCUT2D eigenvalue weighted by atomic mass is 32.1. The monoisotopic (exact) mass is 288 g/mol. The predicted molar refractivity (Wildman–Crippen MR) is 87.5 cm³/mol. The van der Waals surface area contributed by atoms with E-state index in [4.69, 9.17) is 0 Å². The molecule has 0 spiro atoms. The van der Waals surface area contributed by atoms with Gasteiger partial charge in [-0.1, -0.05) is 44.2 Å². The summed E-state index contributed by atoms with van der Waals surface area (Å²) in [7, 11) is 0. The summed E-state index contributed by atoms with van der Waals surface area (Å²) in [4.78, 5) is 4.62. The van der Waals surface area contributed by atoms with Gasteiger partial charge in [-0.05, 0) is 31.4 Å². The topological polar surface area (TPSA) is 24.9 Å². The van der Waals surface area contributed by atoms with Gasteiger partial charge in [-0.25, -0.2) is 4.98 Å². The van der Waals surface area contributed by atoms with Crippen LogP contribution in [0.15, 0.2) is 35.7 Å². The van der Waals surface area contributed by atoms with Gasteiger partial charge in [0.25, 0.3) is 0 Å². The van der Waals surface area contributed by atoms with Crippen LogP contribution in [0.3, 0.4) is 0 Å². The van der Waals surface area contributed by atoms with Crippen molar-refractivity contribution >= 4 is 11.3 Å². The summed E-state index contributed by atoms with van der Waals surface area (Å²) < 4.78 is 0. The molecule has 108 valence electrons. The second-order valence-electron chi connectivity index (χ2n) is 5.18. The molecule has 0 radical (unpaired) electrons. The van der Waals surface area contributed by atoms with Crippen LogP contribution < -0.4 is 5.32 Å². The Hall–Kier alpha value is -1.19. The molecule has 2 nitrogen and oxygen atoms in total. The lowest BCUT2D eigenvalue weighted by atomic mass is 9.87. The van der Waals surface area contributed by atoms with E-state index in [9.17, 15) is 0 Å². The Morgan fingerprint density at radius 3 is 2.50 bits per heavy atom. The summed E-state index contributed by atoms with van der Waals surface area (Å²) in [6.45, 7) is 7.52. The largest absolute Gasteiger partial charge is 0.313 e. The van der Waals surface area contributed by atoms with Crippen LogP contribution in [-0.4, -0.2) is 17.6 Å². The second kappa shape index (κ2) is 7.55. The van der Waals surface area contributed by atoms with E-state index in [1.165, 1.54) is 10.6 Å². The fourth-order valence-electron chi connectivity index (χ4n) is 2.76. The van der Waals surface area contributed by atoms with Crippen molar-refractivity contribution in [2.45, 2.75) is 45.6 Å². The number of nitrogens with zero attached hydrogens (tertiary/aromatic N) is 1. The number of nitrogens with one attached hydrogen (secondary N) is 1. The molecule has 0 bridgehead atoms. The quantitative estimate of drug-likeness (QED) is 0.827. The highest BCUT2D eigenvalue weighted by Gasteiger charge is 2.22. The zero-order valence-electron chi connectivity index (χ0n) is 12.6. The fourth-order valence-corrected chi connectivity index (χ4v) is 3.59. The maximum absolute atomic E-state index is 4.62. The van der Waals surface area contributed by atoms with E-state index in [1.54, 1.807) is 11.3 Å². The maximum Gasteiger partial charge on any atom is 0.0943 e. The van der Waals surface area contributed by atoms with Crippen molar-refractivity contribution < 1.29 is 0 Å². The Morgan fingerprint density at radius 1 is 1.20 bits per heavy atom. The minimum atomic E-state index is 0.456. The smallest absolute Gasteiger partial charge is 0.0943 e. The Balaban J connectivity index is 2.17. The Bertz CT molecular complexity index is 507. The zero-order chi connectivity index (χ0) is 14.4. The molecule has 1 N–H and O–H groups in total. The lowest BCUT2D eigenvalue weighted by molar-refractivity contribution is 0.427. The third-order valence-electron chi connectivity index (χ3n) is 3.68. The van der Waals surface area contributed by atoms with Crippen LogP contribution >= 0.6 is 11.3 Å². The van der Waals surface area contributed by atoms with Crippen molar-refractivity contribution in [3.05, 3.63) is 52.0 Å². The molecule has 1 heterocycles. The van der Waals surface area contributed by atoms with Crippen molar-refractivity contribution in [1.82, 2.24) is 10.3 Å². The molecule has 0 aliphatic carbocycles. The molecule has 1 aromatic heterocycles. The van der Waals surface area contributed by atoms with E-state index < -0.39 is 0 Å². The number of aromatic nitrogens is 1. The molecule has 2 aromatic rings. The zero-order valence-corrected chi connectivity index (χ0v) is 13.4. The molecule has 0 saturated carbocycles. The molecular formula is C17H24N2S. The normalized spacial score (nSPS) is 14.2. The van der Waals surface area contributed by atoms with E-state index in [1.807, 2.05) is 0 Å².